The number of nitrogens with zero attached hydrogens (tertiary/aromatic N) is 2. The Morgan fingerprint density at radius 1 is 1.38 bits per heavy atom. The van der Waals surface area contributed by atoms with E-state index in [-0.39, 0.29) is 28.2 Å². The molecule has 0 spiro atoms. The molecule has 2 N–H and O–H groups in total. The number of hydrogen-bond acceptors (Lipinski definition) is 5. The van der Waals surface area contributed by atoms with E-state index in [1.54, 1.807) is 12.1 Å². The van der Waals surface area contributed by atoms with Gasteiger partial charge in [-0.2, -0.15) is 5.10 Å². The molecule has 6 nitrogen and oxygen atoms in total. The summed E-state index contributed by atoms with van der Waals surface area (Å²) in [4.78, 5) is 15.8. The van der Waals surface area contributed by atoms with Crippen LogP contribution in [0.3, 0.4) is 0 Å². The molecule has 3 rings (SSSR count). The van der Waals surface area contributed by atoms with Crippen LogP contribution in [-0.2, 0) is 6.42 Å². The quantitative estimate of drug-likeness (QED) is 0.418. The molecule has 3 aromatic rings. The number of aliphatic hydroxyl groups is 1. The number of nitrogens with one attached hydrogen (secondary N) is 1. The van der Waals surface area contributed by atoms with E-state index in [4.69, 9.17) is 16.0 Å². The fourth-order valence-corrected chi connectivity index (χ4v) is 2.23. The zero-order valence-electron chi connectivity index (χ0n) is 12.2. The number of rotatable bonds is 5. The van der Waals surface area contributed by atoms with E-state index in [0.29, 0.717) is 12.2 Å². The molecule has 0 aliphatic carbocycles. The molecule has 0 saturated carbocycles. The van der Waals surface area contributed by atoms with Gasteiger partial charge in [-0.25, -0.2) is 9.37 Å². The molecular weight excluding hydrogens is 337 g/mol. The number of hydrogen-bond donors (Lipinski definition) is 2. The average Bonchev–Trinajstić information content (AvgIpc) is 3.20. The lowest BCUT2D eigenvalue weighted by atomic mass is 10.1. The van der Waals surface area contributed by atoms with Crippen molar-refractivity contribution in [3.8, 4) is 0 Å². The van der Waals surface area contributed by atoms with Crippen molar-refractivity contribution in [2.75, 3.05) is 0 Å². The zero-order valence-corrected chi connectivity index (χ0v) is 12.9. The van der Waals surface area contributed by atoms with Crippen LogP contribution in [0.1, 0.15) is 27.7 Å². The molecular formula is C16H11ClFN3O3. The third-order valence-electron chi connectivity index (χ3n) is 3.20. The SMILES string of the molecule is O=C(C=C(O)c1ncn[nH]1)c1cc(Cl)c(Cc2ccc(F)cc2)o1. The number of ketones is 1. The van der Waals surface area contributed by atoms with Gasteiger partial charge in [-0.05, 0) is 17.7 Å². The first-order chi connectivity index (χ1) is 11.5. The minimum absolute atomic E-state index is 0.0248. The van der Waals surface area contributed by atoms with Gasteiger partial charge in [0.05, 0.1) is 5.02 Å². The van der Waals surface area contributed by atoms with Gasteiger partial charge in [0, 0.05) is 18.6 Å². The Hall–Kier alpha value is -2.93. The van der Waals surface area contributed by atoms with E-state index in [1.165, 1.54) is 24.5 Å². The lowest BCUT2D eigenvalue weighted by Gasteiger charge is -1.99. The van der Waals surface area contributed by atoms with Crippen molar-refractivity contribution in [1.82, 2.24) is 15.2 Å². The van der Waals surface area contributed by atoms with Crippen molar-refractivity contribution in [2.24, 2.45) is 0 Å². The van der Waals surface area contributed by atoms with Crippen LogP contribution in [0.25, 0.3) is 5.76 Å². The molecule has 0 saturated heterocycles. The van der Waals surface area contributed by atoms with Gasteiger partial charge in [-0.1, -0.05) is 23.7 Å². The van der Waals surface area contributed by atoms with Gasteiger partial charge in [-0.3, -0.25) is 9.89 Å². The summed E-state index contributed by atoms with van der Waals surface area (Å²) in [6, 6.07) is 7.23. The Balaban J connectivity index is 1.79. The maximum Gasteiger partial charge on any atom is 0.224 e. The van der Waals surface area contributed by atoms with Crippen molar-refractivity contribution >= 4 is 23.1 Å². The molecule has 0 atom stereocenters. The number of benzene rings is 1. The number of carbonyl (C=O) groups excluding carboxylic acids is 1. The largest absolute Gasteiger partial charge is 0.504 e. The second-order valence-electron chi connectivity index (χ2n) is 4.91. The highest BCUT2D eigenvalue weighted by Crippen LogP contribution is 2.25. The maximum atomic E-state index is 12.9. The second-order valence-corrected chi connectivity index (χ2v) is 5.32. The topological polar surface area (TPSA) is 92.0 Å². The van der Waals surface area contributed by atoms with Crippen molar-refractivity contribution in [1.29, 1.82) is 0 Å². The third kappa shape index (κ3) is 3.52. The molecule has 2 aromatic heterocycles. The Labute approximate surface area is 140 Å². The summed E-state index contributed by atoms with van der Waals surface area (Å²) in [5.41, 5.74) is 0.784. The summed E-state index contributed by atoms with van der Waals surface area (Å²) in [6.07, 6.45) is 2.47. The molecule has 1 aromatic carbocycles. The van der Waals surface area contributed by atoms with Crippen LogP contribution in [0.15, 0.2) is 47.2 Å². The highest BCUT2D eigenvalue weighted by Gasteiger charge is 2.16. The highest BCUT2D eigenvalue weighted by atomic mass is 35.5. The summed E-state index contributed by atoms with van der Waals surface area (Å²) in [5, 5.41) is 16.1. The van der Waals surface area contributed by atoms with Crippen LogP contribution in [0, 0.1) is 5.82 Å². The molecule has 0 aliphatic rings. The van der Waals surface area contributed by atoms with Crippen molar-refractivity contribution in [3.63, 3.8) is 0 Å². The number of furan rings is 1. The fraction of sp³-hybridized carbons (Fsp3) is 0.0625. The molecule has 8 heteroatoms. The number of carbonyl (C=O) groups is 1. The van der Waals surface area contributed by atoms with Crippen LogP contribution in [0.5, 0.6) is 0 Å². The molecule has 2 heterocycles. The van der Waals surface area contributed by atoms with Crippen molar-refractivity contribution in [3.05, 3.63) is 76.5 Å². The van der Waals surface area contributed by atoms with Crippen LogP contribution in [0.4, 0.5) is 4.39 Å². The van der Waals surface area contributed by atoms with E-state index in [9.17, 15) is 14.3 Å². The Kier molecular flexibility index (Phi) is 4.43. The van der Waals surface area contributed by atoms with E-state index >= 15 is 0 Å². The normalized spacial score (nSPS) is 11.7. The fourth-order valence-electron chi connectivity index (χ4n) is 2.03. The molecule has 0 bridgehead atoms. The summed E-state index contributed by atoms with van der Waals surface area (Å²) in [6.45, 7) is 0. The number of halogens is 2. The number of H-pyrrole nitrogens is 1. The first-order valence-corrected chi connectivity index (χ1v) is 7.24. The van der Waals surface area contributed by atoms with Gasteiger partial charge in [0.15, 0.2) is 17.3 Å². The number of aliphatic hydroxyl groups excluding tert-OH is 1. The second kappa shape index (κ2) is 6.67. The van der Waals surface area contributed by atoms with Gasteiger partial charge in [0.1, 0.15) is 17.9 Å². The molecule has 0 fully saturated rings. The van der Waals surface area contributed by atoms with Crippen LogP contribution in [0.2, 0.25) is 5.02 Å². The molecule has 0 amide bonds. The summed E-state index contributed by atoms with van der Waals surface area (Å²) in [7, 11) is 0. The van der Waals surface area contributed by atoms with Crippen LogP contribution >= 0.6 is 11.6 Å². The van der Waals surface area contributed by atoms with Gasteiger partial charge in [0.2, 0.25) is 5.78 Å². The molecule has 122 valence electrons. The predicted molar refractivity (Wildman–Crippen MR) is 84.2 cm³/mol. The smallest absolute Gasteiger partial charge is 0.224 e. The molecule has 0 aliphatic heterocycles. The first kappa shape index (κ1) is 15.9. The minimum atomic E-state index is -0.573. The Morgan fingerprint density at radius 2 is 2.12 bits per heavy atom. The lowest BCUT2D eigenvalue weighted by molar-refractivity contribution is 0.101. The van der Waals surface area contributed by atoms with E-state index in [0.717, 1.165) is 11.6 Å². The van der Waals surface area contributed by atoms with Gasteiger partial charge in [-0.15, -0.1) is 0 Å². The number of aromatic nitrogens is 3. The minimum Gasteiger partial charge on any atom is -0.504 e. The molecule has 0 radical (unpaired) electrons. The first-order valence-electron chi connectivity index (χ1n) is 6.86. The zero-order chi connectivity index (χ0) is 17.1. The Morgan fingerprint density at radius 3 is 2.79 bits per heavy atom. The Bertz CT molecular complexity index is 886. The standard InChI is InChI=1S/C16H11ClFN3O3/c17-11-6-15(12(22)7-13(23)16-19-8-20-21-16)24-14(11)5-9-1-3-10(18)4-2-9/h1-4,6-8,23H,5H2,(H,19,20,21). The lowest BCUT2D eigenvalue weighted by Crippen LogP contribution is -1.96. The monoisotopic (exact) mass is 347 g/mol. The van der Waals surface area contributed by atoms with Crippen molar-refractivity contribution in [2.45, 2.75) is 6.42 Å². The summed E-state index contributed by atoms with van der Waals surface area (Å²) in [5.74, 6) is -0.871. The number of allylic oxidation sites excluding steroid dienone is 1. The highest BCUT2D eigenvalue weighted by molar-refractivity contribution is 6.31. The third-order valence-corrected chi connectivity index (χ3v) is 3.52. The summed E-state index contributed by atoms with van der Waals surface area (Å²) < 4.78 is 18.4. The van der Waals surface area contributed by atoms with E-state index in [1.807, 2.05) is 0 Å². The van der Waals surface area contributed by atoms with Gasteiger partial charge < -0.3 is 9.52 Å². The molecule has 0 unspecified atom stereocenters. The van der Waals surface area contributed by atoms with Crippen LogP contribution < -0.4 is 0 Å². The van der Waals surface area contributed by atoms with Gasteiger partial charge in [0.25, 0.3) is 0 Å². The average molecular weight is 348 g/mol. The number of aromatic amines is 1. The summed E-state index contributed by atoms with van der Waals surface area (Å²) >= 11 is 6.07. The molecule has 24 heavy (non-hydrogen) atoms. The predicted octanol–water partition coefficient (Wildman–Crippen LogP) is 3.56. The van der Waals surface area contributed by atoms with Gasteiger partial charge >= 0.3 is 0 Å². The van der Waals surface area contributed by atoms with E-state index in [2.05, 4.69) is 15.2 Å². The van der Waals surface area contributed by atoms with Crippen LogP contribution in [-0.4, -0.2) is 26.1 Å². The maximum absolute atomic E-state index is 12.9. The van der Waals surface area contributed by atoms with Crippen molar-refractivity contribution < 1.29 is 18.7 Å². The van der Waals surface area contributed by atoms with E-state index < -0.39 is 5.78 Å².